The molecule has 18 heavy (non-hydrogen) atoms. The number of hydrogen-bond donors (Lipinski definition) is 0. The van der Waals surface area contributed by atoms with Crippen LogP contribution in [0.4, 0.5) is 0 Å². The van der Waals surface area contributed by atoms with Crippen molar-refractivity contribution in [2.24, 2.45) is 0 Å². The van der Waals surface area contributed by atoms with Crippen molar-refractivity contribution in [3.05, 3.63) is 53.3 Å². The molecule has 88 valence electrons. The van der Waals surface area contributed by atoms with Crippen LogP contribution in [0.1, 0.15) is 0 Å². The van der Waals surface area contributed by atoms with Gasteiger partial charge in [-0.2, -0.15) is 0 Å². The van der Waals surface area contributed by atoms with Crippen LogP contribution >= 0.6 is 15.9 Å². The second-order valence-corrected chi connectivity index (χ2v) is 4.54. The summed E-state index contributed by atoms with van der Waals surface area (Å²) in [7, 11) is 0. The van der Waals surface area contributed by atoms with Crippen LogP contribution in [-0.2, 0) is 0 Å². The fourth-order valence-corrected chi connectivity index (χ4v) is 1.77. The fraction of sp³-hybridized carbons (Fsp3) is 0. The summed E-state index contributed by atoms with van der Waals surface area (Å²) in [4.78, 5) is 5.48. The van der Waals surface area contributed by atoms with Crippen LogP contribution in [0.2, 0.25) is 0 Å². The third-order valence-corrected chi connectivity index (χ3v) is 2.92. The minimum Gasteiger partial charge on any atom is -0.262 e. The predicted molar refractivity (Wildman–Crippen MR) is 70.1 cm³/mol. The van der Waals surface area contributed by atoms with E-state index in [1.54, 1.807) is 12.4 Å². The summed E-state index contributed by atoms with van der Waals surface area (Å²) in [6.45, 7) is 0. The molecular weight excluding hydrogens is 294 g/mol. The first-order valence-electron chi connectivity index (χ1n) is 5.29. The second-order valence-electron chi connectivity index (χ2n) is 3.62. The van der Waals surface area contributed by atoms with Crippen LogP contribution in [-0.4, -0.2) is 25.2 Å². The highest BCUT2D eigenvalue weighted by Crippen LogP contribution is 2.17. The average molecular weight is 302 g/mol. The number of hydrogen-bond acceptors (Lipinski definition) is 4. The van der Waals surface area contributed by atoms with Crippen molar-refractivity contribution in [1.82, 2.24) is 25.2 Å². The topological polar surface area (TPSA) is 56.5 Å². The van der Waals surface area contributed by atoms with Gasteiger partial charge in [0.2, 0.25) is 5.82 Å². The summed E-state index contributed by atoms with van der Waals surface area (Å²) in [6, 6.07) is 11.5. The molecule has 0 saturated heterocycles. The van der Waals surface area contributed by atoms with Gasteiger partial charge in [-0.25, -0.2) is 0 Å². The van der Waals surface area contributed by atoms with Crippen LogP contribution in [0.3, 0.4) is 0 Å². The van der Waals surface area contributed by atoms with Crippen LogP contribution in [0, 0.1) is 0 Å². The zero-order valence-corrected chi connectivity index (χ0v) is 10.8. The van der Waals surface area contributed by atoms with Gasteiger partial charge in [0.05, 0.1) is 6.20 Å². The maximum atomic E-state index is 4.32. The average Bonchev–Trinajstić information content (AvgIpc) is 2.90. The lowest BCUT2D eigenvalue weighted by Crippen LogP contribution is -1.98. The predicted octanol–water partition coefficient (Wildman–Crippen LogP) is 2.49. The van der Waals surface area contributed by atoms with Gasteiger partial charge >= 0.3 is 0 Å². The zero-order chi connectivity index (χ0) is 12.4. The van der Waals surface area contributed by atoms with E-state index >= 15 is 0 Å². The van der Waals surface area contributed by atoms with Gasteiger partial charge in [0.25, 0.3) is 0 Å². The molecule has 0 fully saturated rings. The van der Waals surface area contributed by atoms with Gasteiger partial charge in [0, 0.05) is 16.2 Å². The summed E-state index contributed by atoms with van der Waals surface area (Å²) in [5, 5.41) is 12.4. The number of benzene rings is 1. The van der Waals surface area contributed by atoms with Crippen molar-refractivity contribution in [2.45, 2.75) is 0 Å². The molecule has 3 rings (SSSR count). The molecule has 0 spiro atoms. The molecule has 5 nitrogen and oxygen atoms in total. The Morgan fingerprint density at radius 3 is 2.61 bits per heavy atom. The molecule has 0 saturated carbocycles. The summed E-state index contributed by atoms with van der Waals surface area (Å²) in [5.41, 5.74) is 1.71. The van der Waals surface area contributed by atoms with Crippen LogP contribution in [0.15, 0.2) is 53.3 Å². The number of nitrogens with zero attached hydrogens (tertiary/aromatic N) is 5. The summed E-state index contributed by atoms with van der Waals surface area (Å²) in [6.07, 6.45) is 3.39. The molecule has 0 aliphatic heterocycles. The molecule has 0 aliphatic carbocycles. The van der Waals surface area contributed by atoms with E-state index in [9.17, 15) is 0 Å². The van der Waals surface area contributed by atoms with Crippen molar-refractivity contribution in [1.29, 1.82) is 0 Å². The summed E-state index contributed by atoms with van der Waals surface area (Å²) >= 11 is 3.39. The number of aromatic nitrogens is 5. The molecule has 2 heterocycles. The Balaban J connectivity index is 1.97. The normalized spacial score (nSPS) is 10.5. The molecule has 0 radical (unpaired) electrons. The lowest BCUT2D eigenvalue weighted by atomic mass is 10.2. The molecule has 0 amide bonds. The molecular formula is C12H8BrN5. The Morgan fingerprint density at radius 2 is 1.89 bits per heavy atom. The van der Waals surface area contributed by atoms with E-state index in [4.69, 9.17) is 0 Å². The SMILES string of the molecule is Brc1ccc(-c2nnn(-c3cccnc3)n2)cc1. The quantitative estimate of drug-likeness (QED) is 0.730. The highest BCUT2D eigenvalue weighted by molar-refractivity contribution is 9.10. The first-order valence-corrected chi connectivity index (χ1v) is 6.08. The minimum absolute atomic E-state index is 0.589. The molecule has 6 heteroatoms. The maximum Gasteiger partial charge on any atom is 0.205 e. The lowest BCUT2D eigenvalue weighted by Gasteiger charge is -1.96. The van der Waals surface area contributed by atoms with E-state index in [2.05, 4.69) is 36.3 Å². The van der Waals surface area contributed by atoms with Gasteiger partial charge < -0.3 is 0 Å². The largest absolute Gasteiger partial charge is 0.262 e. The maximum absolute atomic E-state index is 4.32. The smallest absolute Gasteiger partial charge is 0.205 e. The Kier molecular flexibility index (Phi) is 2.85. The molecule has 0 unspecified atom stereocenters. The van der Waals surface area contributed by atoms with Gasteiger partial charge in [-0.05, 0) is 41.6 Å². The minimum atomic E-state index is 0.589. The molecule has 0 aliphatic rings. The van der Waals surface area contributed by atoms with Crippen molar-refractivity contribution < 1.29 is 0 Å². The Hall–Kier alpha value is -2.08. The molecule has 3 aromatic rings. The van der Waals surface area contributed by atoms with Crippen molar-refractivity contribution >= 4 is 15.9 Å². The van der Waals surface area contributed by atoms with E-state index in [1.165, 1.54) is 4.80 Å². The van der Waals surface area contributed by atoms with Crippen LogP contribution in [0.25, 0.3) is 17.1 Å². The van der Waals surface area contributed by atoms with E-state index in [0.29, 0.717) is 5.82 Å². The van der Waals surface area contributed by atoms with Crippen molar-refractivity contribution in [3.63, 3.8) is 0 Å². The molecule has 2 aromatic heterocycles. The van der Waals surface area contributed by atoms with Crippen LogP contribution < -0.4 is 0 Å². The van der Waals surface area contributed by atoms with Gasteiger partial charge in [-0.3, -0.25) is 4.98 Å². The van der Waals surface area contributed by atoms with Crippen LogP contribution in [0.5, 0.6) is 0 Å². The number of tetrazole rings is 1. The first kappa shape index (κ1) is 11.0. The number of pyridine rings is 1. The Labute approximate surface area is 112 Å². The fourth-order valence-electron chi connectivity index (χ4n) is 1.51. The molecule has 0 N–H and O–H groups in total. The van der Waals surface area contributed by atoms with Crippen molar-refractivity contribution in [2.75, 3.05) is 0 Å². The molecule has 0 atom stereocenters. The third kappa shape index (κ3) is 2.14. The Morgan fingerprint density at radius 1 is 1.06 bits per heavy atom. The second kappa shape index (κ2) is 4.66. The number of rotatable bonds is 2. The van der Waals surface area contributed by atoms with Gasteiger partial charge in [-0.15, -0.1) is 15.0 Å². The summed E-state index contributed by atoms with van der Waals surface area (Å²) in [5.74, 6) is 0.589. The van der Waals surface area contributed by atoms with Gasteiger partial charge in [-0.1, -0.05) is 15.9 Å². The van der Waals surface area contributed by atoms with Crippen molar-refractivity contribution in [3.8, 4) is 17.1 Å². The van der Waals surface area contributed by atoms with E-state index in [1.807, 2.05) is 36.4 Å². The molecule has 1 aromatic carbocycles. The van der Waals surface area contributed by atoms with E-state index in [0.717, 1.165) is 15.7 Å². The molecule has 0 bridgehead atoms. The third-order valence-electron chi connectivity index (χ3n) is 2.39. The summed E-state index contributed by atoms with van der Waals surface area (Å²) < 4.78 is 1.02. The lowest BCUT2D eigenvalue weighted by molar-refractivity contribution is 0.717. The first-order chi connectivity index (χ1) is 8.83. The van der Waals surface area contributed by atoms with Gasteiger partial charge in [0.1, 0.15) is 5.69 Å². The highest BCUT2D eigenvalue weighted by Gasteiger charge is 2.06. The van der Waals surface area contributed by atoms with E-state index in [-0.39, 0.29) is 0 Å². The highest BCUT2D eigenvalue weighted by atomic mass is 79.9. The zero-order valence-electron chi connectivity index (χ0n) is 9.23. The Bertz CT molecular complexity index is 648. The number of halogens is 1. The van der Waals surface area contributed by atoms with E-state index < -0.39 is 0 Å². The monoisotopic (exact) mass is 301 g/mol. The standard InChI is InChI=1S/C12H8BrN5/c13-10-5-3-9(4-6-10)12-15-17-18(16-12)11-2-1-7-14-8-11/h1-8H. The van der Waals surface area contributed by atoms with Gasteiger partial charge in [0.15, 0.2) is 0 Å².